The Morgan fingerprint density at radius 3 is 2.03 bits per heavy atom. The summed E-state index contributed by atoms with van der Waals surface area (Å²) < 4.78 is 16.2. The molecular formula is C28H22N2O7. The normalized spacial score (nSPS) is 10.3. The molecule has 0 atom stereocenters. The summed E-state index contributed by atoms with van der Waals surface area (Å²) in [4.78, 5) is 35.7. The van der Waals surface area contributed by atoms with Gasteiger partial charge in [-0.3, -0.25) is 14.9 Å². The van der Waals surface area contributed by atoms with Gasteiger partial charge in [0.15, 0.2) is 0 Å². The highest BCUT2D eigenvalue weighted by Crippen LogP contribution is 2.25. The molecule has 0 aromatic heterocycles. The van der Waals surface area contributed by atoms with Crippen molar-refractivity contribution in [3.63, 3.8) is 0 Å². The van der Waals surface area contributed by atoms with Crippen LogP contribution in [0.2, 0.25) is 0 Å². The summed E-state index contributed by atoms with van der Waals surface area (Å²) in [6.45, 7) is 0.0113. The topological polar surface area (TPSA) is 117 Å². The van der Waals surface area contributed by atoms with Crippen molar-refractivity contribution in [1.82, 2.24) is 0 Å². The van der Waals surface area contributed by atoms with Crippen LogP contribution in [0, 0.1) is 10.1 Å². The van der Waals surface area contributed by atoms with Gasteiger partial charge in [-0.25, -0.2) is 4.79 Å². The summed E-state index contributed by atoms with van der Waals surface area (Å²) in [6.07, 6.45) is 0. The number of carbonyl (C=O) groups is 2. The molecule has 9 heteroatoms. The smallest absolute Gasteiger partial charge is 0.340 e. The molecule has 0 radical (unpaired) electrons. The van der Waals surface area contributed by atoms with E-state index in [0.717, 1.165) is 5.56 Å². The number of anilines is 1. The second kappa shape index (κ2) is 11.5. The van der Waals surface area contributed by atoms with Crippen molar-refractivity contribution in [1.29, 1.82) is 0 Å². The first-order valence-electron chi connectivity index (χ1n) is 11.2. The number of nitro groups is 1. The minimum absolute atomic E-state index is 0.0113. The van der Waals surface area contributed by atoms with Crippen LogP contribution in [-0.4, -0.2) is 23.9 Å². The zero-order valence-electron chi connectivity index (χ0n) is 19.7. The highest BCUT2D eigenvalue weighted by Gasteiger charge is 2.16. The first kappa shape index (κ1) is 24.9. The van der Waals surface area contributed by atoms with Crippen LogP contribution >= 0.6 is 0 Å². The van der Waals surface area contributed by atoms with Crippen LogP contribution < -0.4 is 14.8 Å². The molecule has 0 aliphatic rings. The molecule has 37 heavy (non-hydrogen) atoms. The van der Waals surface area contributed by atoms with E-state index in [0.29, 0.717) is 28.5 Å². The zero-order chi connectivity index (χ0) is 26.2. The largest absolute Gasteiger partial charge is 0.497 e. The summed E-state index contributed by atoms with van der Waals surface area (Å²) in [5, 5.41) is 13.5. The Morgan fingerprint density at radius 2 is 1.41 bits per heavy atom. The van der Waals surface area contributed by atoms with Crippen LogP contribution in [0.5, 0.6) is 17.2 Å². The Morgan fingerprint density at radius 1 is 0.811 bits per heavy atom. The van der Waals surface area contributed by atoms with Gasteiger partial charge in [-0.05, 0) is 66.2 Å². The summed E-state index contributed by atoms with van der Waals surface area (Å²) in [6, 6.07) is 25.8. The molecular weight excluding hydrogens is 476 g/mol. The van der Waals surface area contributed by atoms with Crippen LogP contribution in [0.15, 0.2) is 97.1 Å². The van der Waals surface area contributed by atoms with Gasteiger partial charge < -0.3 is 19.5 Å². The molecule has 4 aromatic rings. The fraction of sp³-hybridized carbons (Fsp3) is 0.0714. The van der Waals surface area contributed by atoms with E-state index < -0.39 is 10.9 Å². The minimum atomic E-state index is -0.586. The van der Waals surface area contributed by atoms with E-state index in [1.807, 2.05) is 0 Å². The second-order valence-electron chi connectivity index (χ2n) is 7.80. The number of nitrogens with zero attached hydrogens (tertiary/aromatic N) is 1. The third kappa shape index (κ3) is 6.49. The van der Waals surface area contributed by atoms with Crippen LogP contribution in [0.1, 0.15) is 26.3 Å². The van der Waals surface area contributed by atoms with Crippen LogP contribution in [-0.2, 0) is 11.3 Å². The maximum atomic E-state index is 12.8. The number of ether oxygens (including phenoxy) is 3. The standard InChI is InChI=1S/C28H22N2O7/c1-35-22-14-8-20(9-15-22)27(31)29-26-5-3-2-4-25(26)28(32)36-18-19-6-12-23(13-7-19)37-24-16-10-21(11-17-24)30(33)34/h2-17H,18H2,1H3,(H,29,31). The molecule has 0 saturated carbocycles. The maximum absolute atomic E-state index is 12.8. The molecule has 0 heterocycles. The number of non-ortho nitro benzene ring substituents is 1. The van der Waals surface area contributed by atoms with E-state index in [1.165, 1.54) is 24.3 Å². The number of benzene rings is 4. The van der Waals surface area contributed by atoms with E-state index in [2.05, 4.69) is 5.32 Å². The Labute approximate surface area is 212 Å². The molecule has 0 aliphatic carbocycles. The molecule has 0 spiro atoms. The van der Waals surface area contributed by atoms with Gasteiger partial charge in [0.25, 0.3) is 11.6 Å². The predicted molar refractivity (Wildman–Crippen MR) is 136 cm³/mol. The number of carbonyl (C=O) groups excluding carboxylic acids is 2. The number of hydrogen-bond acceptors (Lipinski definition) is 7. The minimum Gasteiger partial charge on any atom is -0.497 e. The third-order valence-electron chi connectivity index (χ3n) is 5.32. The van der Waals surface area contributed by atoms with Gasteiger partial charge in [0.1, 0.15) is 23.9 Å². The molecule has 9 nitrogen and oxygen atoms in total. The average molecular weight is 498 g/mol. The summed E-state index contributed by atoms with van der Waals surface area (Å²) in [5.74, 6) is 0.656. The number of nitro benzene ring substituents is 1. The molecule has 0 bridgehead atoms. The number of amides is 1. The van der Waals surface area contributed by atoms with Crippen molar-refractivity contribution in [3.8, 4) is 17.2 Å². The summed E-state index contributed by atoms with van der Waals surface area (Å²) in [5.41, 5.74) is 1.68. The molecule has 0 saturated heterocycles. The molecule has 0 unspecified atom stereocenters. The highest BCUT2D eigenvalue weighted by molar-refractivity contribution is 6.08. The van der Waals surface area contributed by atoms with Gasteiger partial charge >= 0.3 is 5.97 Å². The molecule has 4 rings (SSSR count). The molecule has 1 N–H and O–H groups in total. The van der Waals surface area contributed by atoms with E-state index in [1.54, 1.807) is 79.9 Å². The van der Waals surface area contributed by atoms with Crippen LogP contribution in [0.4, 0.5) is 11.4 Å². The number of methoxy groups -OCH3 is 1. The van der Waals surface area contributed by atoms with Crippen LogP contribution in [0.3, 0.4) is 0 Å². The van der Waals surface area contributed by atoms with Crippen molar-refractivity contribution >= 4 is 23.3 Å². The second-order valence-corrected chi connectivity index (χ2v) is 7.80. The zero-order valence-corrected chi connectivity index (χ0v) is 19.7. The fourth-order valence-corrected chi connectivity index (χ4v) is 3.36. The fourth-order valence-electron chi connectivity index (χ4n) is 3.36. The van der Waals surface area contributed by atoms with Gasteiger partial charge in [-0.2, -0.15) is 0 Å². The number of para-hydroxylation sites is 1. The number of hydrogen-bond donors (Lipinski definition) is 1. The van der Waals surface area contributed by atoms with Gasteiger partial charge in [-0.15, -0.1) is 0 Å². The lowest BCUT2D eigenvalue weighted by molar-refractivity contribution is -0.384. The number of rotatable bonds is 9. The lowest BCUT2D eigenvalue weighted by atomic mass is 10.1. The quantitative estimate of drug-likeness (QED) is 0.171. The van der Waals surface area contributed by atoms with Crippen molar-refractivity contribution in [2.45, 2.75) is 6.61 Å². The van der Waals surface area contributed by atoms with Crippen molar-refractivity contribution in [2.75, 3.05) is 12.4 Å². The van der Waals surface area contributed by atoms with Crippen molar-refractivity contribution < 1.29 is 28.7 Å². The first-order valence-corrected chi connectivity index (χ1v) is 11.2. The number of nitrogens with one attached hydrogen (secondary N) is 1. The Balaban J connectivity index is 1.35. The lowest BCUT2D eigenvalue weighted by Crippen LogP contribution is -2.15. The Kier molecular flexibility index (Phi) is 7.75. The van der Waals surface area contributed by atoms with Crippen LogP contribution in [0.25, 0.3) is 0 Å². The highest BCUT2D eigenvalue weighted by atomic mass is 16.6. The summed E-state index contributed by atoms with van der Waals surface area (Å²) in [7, 11) is 1.54. The van der Waals surface area contributed by atoms with Gasteiger partial charge in [0.05, 0.1) is 23.3 Å². The SMILES string of the molecule is COc1ccc(C(=O)Nc2ccccc2C(=O)OCc2ccc(Oc3ccc([N+](=O)[O-])cc3)cc2)cc1. The first-order chi connectivity index (χ1) is 17.9. The maximum Gasteiger partial charge on any atom is 0.340 e. The predicted octanol–water partition coefficient (Wildman–Crippen LogP) is 6.01. The van der Waals surface area contributed by atoms with E-state index >= 15 is 0 Å². The Bertz CT molecular complexity index is 1400. The third-order valence-corrected chi connectivity index (χ3v) is 5.32. The molecule has 0 fully saturated rings. The van der Waals surface area contributed by atoms with E-state index in [9.17, 15) is 19.7 Å². The van der Waals surface area contributed by atoms with Gasteiger partial charge in [0.2, 0.25) is 0 Å². The van der Waals surface area contributed by atoms with Crippen molar-refractivity contribution in [2.24, 2.45) is 0 Å². The lowest BCUT2D eigenvalue weighted by Gasteiger charge is -2.12. The number of esters is 1. The molecule has 0 aliphatic heterocycles. The molecule has 1 amide bonds. The summed E-state index contributed by atoms with van der Waals surface area (Å²) >= 11 is 0. The van der Waals surface area contributed by atoms with Crippen molar-refractivity contribution in [3.05, 3.63) is 124 Å². The van der Waals surface area contributed by atoms with Gasteiger partial charge in [0, 0.05) is 17.7 Å². The average Bonchev–Trinajstić information content (AvgIpc) is 2.93. The molecule has 186 valence electrons. The van der Waals surface area contributed by atoms with Gasteiger partial charge in [-0.1, -0.05) is 24.3 Å². The molecule has 4 aromatic carbocycles. The monoisotopic (exact) mass is 498 g/mol. The van der Waals surface area contributed by atoms with E-state index in [4.69, 9.17) is 14.2 Å². The Hall–Kier alpha value is -5.18. The van der Waals surface area contributed by atoms with E-state index in [-0.39, 0.29) is 23.8 Å².